The van der Waals surface area contributed by atoms with Gasteiger partial charge in [0.05, 0.1) is 25.0 Å². The monoisotopic (exact) mass is 225 g/mol. The predicted molar refractivity (Wildman–Crippen MR) is 63.7 cm³/mol. The molecule has 0 aromatic heterocycles. The van der Waals surface area contributed by atoms with Gasteiger partial charge in [0.1, 0.15) is 0 Å². The number of unbranched alkanes of at least 4 members (excludes halogenated alkanes) is 2. The van der Waals surface area contributed by atoms with Crippen molar-refractivity contribution in [2.45, 2.75) is 52.9 Å². The molecule has 0 aromatic carbocycles. The number of hydrogen-bond acceptors (Lipinski definition) is 3. The van der Waals surface area contributed by atoms with Crippen LogP contribution in [0, 0.1) is 23.2 Å². The first-order valence-corrected chi connectivity index (χ1v) is 6.15. The van der Waals surface area contributed by atoms with Crippen LogP contribution in [0.5, 0.6) is 0 Å². The lowest BCUT2D eigenvalue weighted by Gasteiger charge is -2.11. The number of esters is 1. The van der Waals surface area contributed by atoms with E-state index >= 15 is 0 Å². The van der Waals surface area contributed by atoms with E-state index in [2.05, 4.69) is 26.8 Å². The first-order valence-electron chi connectivity index (χ1n) is 6.15. The van der Waals surface area contributed by atoms with Gasteiger partial charge in [-0.1, -0.05) is 33.6 Å². The van der Waals surface area contributed by atoms with Gasteiger partial charge in [0.2, 0.25) is 0 Å². The number of rotatable bonds is 8. The van der Waals surface area contributed by atoms with Crippen LogP contribution in [0.25, 0.3) is 0 Å². The van der Waals surface area contributed by atoms with Gasteiger partial charge in [-0.3, -0.25) is 4.79 Å². The molecule has 0 aromatic rings. The maximum absolute atomic E-state index is 11.4. The van der Waals surface area contributed by atoms with Gasteiger partial charge < -0.3 is 4.74 Å². The molecule has 0 radical (unpaired) electrons. The highest BCUT2D eigenvalue weighted by Gasteiger charge is 2.15. The third kappa shape index (κ3) is 8.28. The SMILES string of the molecule is CCCCCOC(=O)CC(C#N)CC(C)C. The van der Waals surface area contributed by atoms with Crippen molar-refractivity contribution in [1.29, 1.82) is 5.26 Å². The fraction of sp³-hybridized carbons (Fsp3) is 0.846. The number of nitriles is 1. The molecule has 0 saturated carbocycles. The van der Waals surface area contributed by atoms with E-state index in [0.717, 1.165) is 25.7 Å². The van der Waals surface area contributed by atoms with E-state index in [1.807, 2.05) is 0 Å². The summed E-state index contributed by atoms with van der Waals surface area (Å²) in [7, 11) is 0. The molecule has 3 heteroatoms. The van der Waals surface area contributed by atoms with Crippen LogP contribution in [0.15, 0.2) is 0 Å². The minimum absolute atomic E-state index is 0.196. The molecule has 1 unspecified atom stereocenters. The quantitative estimate of drug-likeness (QED) is 0.470. The zero-order valence-corrected chi connectivity index (χ0v) is 10.7. The van der Waals surface area contributed by atoms with Crippen molar-refractivity contribution in [2.24, 2.45) is 11.8 Å². The highest BCUT2D eigenvalue weighted by Crippen LogP contribution is 2.15. The second kappa shape index (κ2) is 9.21. The fourth-order valence-corrected chi connectivity index (χ4v) is 1.55. The molecular formula is C13H23NO2. The second-order valence-corrected chi connectivity index (χ2v) is 4.59. The van der Waals surface area contributed by atoms with Crippen LogP contribution >= 0.6 is 0 Å². The molecule has 3 nitrogen and oxygen atoms in total. The van der Waals surface area contributed by atoms with Gasteiger partial charge in [-0.25, -0.2) is 0 Å². The standard InChI is InChI=1S/C13H23NO2/c1-4-5-6-7-16-13(15)9-12(10-14)8-11(2)3/h11-12H,4-9H2,1-3H3. The van der Waals surface area contributed by atoms with E-state index in [1.165, 1.54) is 0 Å². The van der Waals surface area contributed by atoms with Crippen LogP contribution in [0.3, 0.4) is 0 Å². The highest BCUT2D eigenvalue weighted by molar-refractivity contribution is 5.70. The highest BCUT2D eigenvalue weighted by atomic mass is 16.5. The minimum Gasteiger partial charge on any atom is -0.466 e. The van der Waals surface area contributed by atoms with E-state index in [1.54, 1.807) is 0 Å². The van der Waals surface area contributed by atoms with Gasteiger partial charge in [0, 0.05) is 0 Å². The average molecular weight is 225 g/mol. The van der Waals surface area contributed by atoms with Crippen molar-refractivity contribution >= 4 is 5.97 Å². The summed E-state index contributed by atoms with van der Waals surface area (Å²) < 4.78 is 5.07. The predicted octanol–water partition coefficient (Wildman–Crippen LogP) is 3.30. The third-order valence-electron chi connectivity index (χ3n) is 2.36. The van der Waals surface area contributed by atoms with Crippen molar-refractivity contribution in [3.63, 3.8) is 0 Å². The Bertz CT molecular complexity index is 231. The molecule has 0 amide bonds. The molecule has 0 aliphatic rings. The summed E-state index contributed by atoms with van der Waals surface area (Å²) in [5, 5.41) is 8.88. The number of nitrogens with zero attached hydrogens (tertiary/aromatic N) is 1. The van der Waals surface area contributed by atoms with Crippen molar-refractivity contribution in [3.05, 3.63) is 0 Å². The van der Waals surface area contributed by atoms with Crippen molar-refractivity contribution in [2.75, 3.05) is 6.61 Å². The Morgan fingerprint density at radius 1 is 1.38 bits per heavy atom. The first-order chi connectivity index (χ1) is 7.60. The van der Waals surface area contributed by atoms with Crippen LogP contribution < -0.4 is 0 Å². The van der Waals surface area contributed by atoms with Crippen molar-refractivity contribution in [1.82, 2.24) is 0 Å². The number of carbonyl (C=O) groups is 1. The summed E-state index contributed by atoms with van der Waals surface area (Å²) in [5.74, 6) is 0.0134. The average Bonchev–Trinajstić information content (AvgIpc) is 2.23. The van der Waals surface area contributed by atoms with Gasteiger partial charge in [-0.2, -0.15) is 5.26 Å². The van der Waals surface area contributed by atoms with E-state index in [9.17, 15) is 4.79 Å². The summed E-state index contributed by atoms with van der Waals surface area (Å²) in [6, 6.07) is 2.17. The number of carbonyl (C=O) groups excluding carboxylic acids is 1. The van der Waals surface area contributed by atoms with Crippen LogP contribution in [-0.2, 0) is 9.53 Å². The lowest BCUT2D eigenvalue weighted by Crippen LogP contribution is -2.13. The molecule has 0 spiro atoms. The van der Waals surface area contributed by atoms with Crippen molar-refractivity contribution < 1.29 is 9.53 Å². The molecule has 0 aliphatic heterocycles. The molecule has 0 rings (SSSR count). The molecule has 1 atom stereocenters. The number of hydrogen-bond donors (Lipinski definition) is 0. The molecule has 0 fully saturated rings. The van der Waals surface area contributed by atoms with Crippen molar-refractivity contribution in [3.8, 4) is 6.07 Å². The normalized spacial score (nSPS) is 12.2. The lowest BCUT2D eigenvalue weighted by molar-refractivity contribution is -0.144. The van der Waals surface area contributed by atoms with Gasteiger partial charge in [-0.15, -0.1) is 0 Å². The maximum atomic E-state index is 11.4. The largest absolute Gasteiger partial charge is 0.466 e. The third-order valence-corrected chi connectivity index (χ3v) is 2.36. The van der Waals surface area contributed by atoms with Crippen LogP contribution in [0.4, 0.5) is 0 Å². The molecule has 0 aliphatic carbocycles. The van der Waals surface area contributed by atoms with E-state index in [4.69, 9.17) is 10.00 Å². The molecule has 0 heterocycles. The molecular weight excluding hydrogens is 202 g/mol. The smallest absolute Gasteiger partial charge is 0.307 e. The molecule has 0 N–H and O–H groups in total. The summed E-state index contributed by atoms with van der Waals surface area (Å²) in [6.45, 7) is 6.70. The van der Waals surface area contributed by atoms with Gasteiger partial charge in [0.15, 0.2) is 0 Å². The zero-order valence-electron chi connectivity index (χ0n) is 10.7. The van der Waals surface area contributed by atoms with Crippen LogP contribution in [0.2, 0.25) is 0 Å². The Labute approximate surface area is 98.8 Å². The summed E-state index contributed by atoms with van der Waals surface area (Å²) in [4.78, 5) is 11.4. The summed E-state index contributed by atoms with van der Waals surface area (Å²) in [6.07, 6.45) is 4.12. The van der Waals surface area contributed by atoms with E-state index in [-0.39, 0.29) is 18.3 Å². The van der Waals surface area contributed by atoms with Gasteiger partial charge in [-0.05, 0) is 18.8 Å². The maximum Gasteiger partial charge on any atom is 0.307 e. The molecule has 0 saturated heterocycles. The van der Waals surface area contributed by atoms with Gasteiger partial charge >= 0.3 is 5.97 Å². The first kappa shape index (κ1) is 15.0. The van der Waals surface area contributed by atoms with E-state index < -0.39 is 0 Å². The minimum atomic E-state index is -0.233. The summed E-state index contributed by atoms with van der Waals surface area (Å²) in [5.41, 5.74) is 0. The molecule has 16 heavy (non-hydrogen) atoms. The Morgan fingerprint density at radius 2 is 2.06 bits per heavy atom. The lowest BCUT2D eigenvalue weighted by atomic mass is 9.96. The van der Waals surface area contributed by atoms with E-state index in [0.29, 0.717) is 12.5 Å². The topological polar surface area (TPSA) is 50.1 Å². The van der Waals surface area contributed by atoms with Crippen LogP contribution in [0.1, 0.15) is 52.9 Å². The Hall–Kier alpha value is -1.04. The number of ether oxygens (including phenoxy) is 1. The fourth-order valence-electron chi connectivity index (χ4n) is 1.55. The molecule has 92 valence electrons. The summed E-state index contributed by atoms with van der Waals surface area (Å²) >= 11 is 0. The Balaban J connectivity index is 3.71. The zero-order chi connectivity index (χ0) is 12.4. The molecule has 0 bridgehead atoms. The Morgan fingerprint density at radius 3 is 2.56 bits per heavy atom. The second-order valence-electron chi connectivity index (χ2n) is 4.59. The van der Waals surface area contributed by atoms with Crippen LogP contribution in [-0.4, -0.2) is 12.6 Å². The Kier molecular flexibility index (Phi) is 8.61. The van der Waals surface area contributed by atoms with Gasteiger partial charge in [0.25, 0.3) is 0 Å².